The van der Waals surface area contributed by atoms with Gasteiger partial charge >= 0.3 is 0 Å². The number of aromatic nitrogens is 9. The Labute approximate surface area is 686 Å². The predicted octanol–water partition coefficient (Wildman–Crippen LogP) is 17.7. The van der Waals surface area contributed by atoms with Crippen LogP contribution in [0, 0.1) is 20.8 Å². The molecule has 6 aromatic heterocycles. The second-order valence-electron chi connectivity index (χ2n) is 26.9. The topological polar surface area (TPSA) is 320 Å². The molecular formula is C82H79Cl3N18O7S4. The molecule has 7 aromatic carbocycles. The highest BCUT2D eigenvalue weighted by Crippen LogP contribution is 2.43. The van der Waals surface area contributed by atoms with Gasteiger partial charge in [-0.05, 0) is 181 Å². The van der Waals surface area contributed by atoms with Gasteiger partial charge in [0, 0.05) is 89.8 Å². The Kier molecular flexibility index (Phi) is 26.5. The van der Waals surface area contributed by atoms with Crippen molar-refractivity contribution in [3.05, 3.63) is 241 Å². The van der Waals surface area contributed by atoms with Crippen molar-refractivity contribution in [1.29, 1.82) is 0 Å². The first kappa shape index (κ1) is 79.8. The Balaban J connectivity index is 0.000000142. The van der Waals surface area contributed by atoms with Crippen molar-refractivity contribution in [2.24, 2.45) is 0 Å². The average Bonchev–Trinajstić information content (AvgIpc) is 1.09. The molecule has 32 heteroatoms. The molecule has 0 unspecified atom stereocenters. The number of halogens is 3. The second kappa shape index (κ2) is 37.9. The van der Waals surface area contributed by atoms with Crippen molar-refractivity contribution in [2.75, 3.05) is 65.3 Å². The summed E-state index contributed by atoms with van der Waals surface area (Å²) in [6.45, 7) is 11.9. The van der Waals surface area contributed by atoms with Crippen LogP contribution in [-0.2, 0) is 16.6 Å². The molecule has 114 heavy (non-hydrogen) atoms. The normalized spacial score (nSPS) is 15.4. The monoisotopic (exact) mass is 1660 g/mol. The summed E-state index contributed by atoms with van der Waals surface area (Å²) < 4.78 is 47.8. The summed E-state index contributed by atoms with van der Waals surface area (Å²) in [6, 6.07) is 48.8. The number of fused-ring (bicyclic) bond motifs is 1. The number of piperidine rings is 3. The molecule has 3 saturated heterocycles. The zero-order valence-electron chi connectivity index (χ0n) is 62.0. The molecule has 3 aliphatic rings. The predicted molar refractivity (Wildman–Crippen MR) is 454 cm³/mol. The zero-order valence-corrected chi connectivity index (χ0v) is 67.6. The maximum absolute atomic E-state index is 13.1. The van der Waals surface area contributed by atoms with Crippen molar-refractivity contribution in [3.63, 3.8) is 0 Å². The molecular weight excluding hydrogens is 1580 g/mol. The lowest BCUT2D eigenvalue weighted by molar-refractivity contribution is 0.0949. The Morgan fingerprint density at radius 1 is 0.482 bits per heavy atom. The number of anilines is 5. The van der Waals surface area contributed by atoms with E-state index in [0.29, 0.717) is 115 Å². The number of hydrogen-bond acceptors (Lipinski definition) is 25. The summed E-state index contributed by atoms with van der Waals surface area (Å²) in [4.78, 5) is 68.9. The van der Waals surface area contributed by atoms with E-state index in [2.05, 4.69) is 77.2 Å². The van der Waals surface area contributed by atoms with Crippen LogP contribution in [0.4, 0.5) is 29.2 Å². The van der Waals surface area contributed by atoms with Crippen molar-refractivity contribution in [3.8, 4) is 66.6 Å². The van der Waals surface area contributed by atoms with E-state index in [1.807, 2.05) is 106 Å². The first-order valence-corrected chi connectivity index (χ1v) is 42.1. The minimum atomic E-state index is -3.92. The number of carbonyl (C=O) groups excluding carboxylic acids is 2. The molecule has 3 fully saturated rings. The van der Waals surface area contributed by atoms with Crippen LogP contribution in [-0.4, -0.2) is 122 Å². The number of carbonyl (C=O) groups is 2. The van der Waals surface area contributed by atoms with Gasteiger partial charge in [0.25, 0.3) is 21.8 Å². The maximum Gasteiger partial charge on any atom is 0.263 e. The van der Waals surface area contributed by atoms with Gasteiger partial charge in [0.2, 0.25) is 35.5 Å². The SMILES string of the molecule is Cc1ccc(C(=O)NCc2ccccc2Cl)cc1Oc1ncsc1-c1ccnc(N[C@H]2CCCNC2)n1.Cc1ccc(C(=O)Nc2ccccc2Cl)cc1Oc1ncsc1-c1ccnc(N[C@H]2CCCNC2)n1.Cc1nc(Oc2ccc(NS(=O)(=O)c3ccccc3Cl)c3ccccc23)c(-c2ccnc(N[C@H]3CCCNC3)n2)s1. The van der Waals surface area contributed by atoms with E-state index in [1.165, 1.54) is 40.1 Å². The summed E-state index contributed by atoms with van der Waals surface area (Å²) in [5.74, 6) is 4.14. The zero-order chi connectivity index (χ0) is 78.9. The van der Waals surface area contributed by atoms with Gasteiger partial charge in [-0.1, -0.05) is 114 Å². The smallest absolute Gasteiger partial charge is 0.263 e. The summed E-state index contributed by atoms with van der Waals surface area (Å²) in [5.41, 5.74) is 10.1. The number of para-hydroxylation sites is 1. The van der Waals surface area contributed by atoms with Crippen LogP contribution in [0.2, 0.25) is 15.1 Å². The molecule has 3 aliphatic heterocycles. The molecule has 9 N–H and O–H groups in total. The standard InChI is InChI=1S/C29H27ClN6O3S2.C27H27ClN6O2S.C26H25ClN6O2S/c1-18-33-28(27(40-18)24-14-16-32-29(35-24)34-19-7-6-15-31-17-19)39-25-13-12-23(20-8-2-3-9-21(20)25)36-41(37,38)26-11-5-4-10-22(26)30;1-17-8-9-18(25(35)31-14-19-5-2-3-7-21(19)28)13-23(17)36-26-24(37-16-32-26)22-10-12-30-27(34-22)33-20-6-4-11-29-15-20;1-16-8-9-17(24(34)32-20-7-3-2-6-19(20)27)13-22(16)35-25-23(36-15-30-25)21-10-12-29-26(33-21)31-18-5-4-11-28-14-18/h2-5,8-14,16,19,31,36H,6-7,15,17H2,1H3,(H,32,34,35);2-3,5,7-10,12-13,16,20,29H,4,6,11,14-15H2,1H3,(H,31,35)(H,30,33,34);2-3,6-10,12-13,15,18,28H,4-5,11,14H2,1H3,(H,32,34)(H,29,31,33)/t19-;20-;18-/m000/s1. The lowest BCUT2D eigenvalue weighted by Gasteiger charge is -2.23. The van der Waals surface area contributed by atoms with E-state index in [1.54, 1.807) is 102 Å². The third-order valence-electron chi connectivity index (χ3n) is 18.6. The highest BCUT2D eigenvalue weighted by molar-refractivity contribution is 7.92. The number of sulfonamides is 1. The fourth-order valence-electron chi connectivity index (χ4n) is 12.7. The molecule has 2 amide bonds. The molecule has 0 aliphatic carbocycles. The van der Waals surface area contributed by atoms with Crippen LogP contribution in [0.3, 0.4) is 0 Å². The van der Waals surface area contributed by atoms with Crippen LogP contribution in [0.1, 0.15) is 80.9 Å². The molecule has 9 heterocycles. The van der Waals surface area contributed by atoms with Gasteiger partial charge in [-0.2, -0.15) is 0 Å². The van der Waals surface area contributed by atoms with Crippen LogP contribution >= 0.6 is 68.8 Å². The van der Waals surface area contributed by atoms with E-state index in [4.69, 9.17) is 64.0 Å². The maximum atomic E-state index is 13.1. The number of hydrogen-bond donors (Lipinski definition) is 9. The summed E-state index contributed by atoms with van der Waals surface area (Å²) in [7, 11) is -3.92. The number of rotatable bonds is 23. The number of nitrogens with one attached hydrogen (secondary N) is 9. The molecule has 13 aromatic rings. The minimum absolute atomic E-state index is 0.00660. The van der Waals surface area contributed by atoms with Gasteiger partial charge in [-0.15, -0.1) is 34.0 Å². The molecule has 3 atom stereocenters. The molecule has 0 spiro atoms. The summed E-state index contributed by atoms with van der Waals surface area (Å²) in [6.07, 6.45) is 11.8. The third-order valence-corrected chi connectivity index (χ3v) is 23.8. The molecule has 0 radical (unpaired) electrons. The fraction of sp³-hybridized carbons (Fsp3) is 0.232. The van der Waals surface area contributed by atoms with Gasteiger partial charge < -0.3 is 56.7 Å². The Hall–Kier alpha value is -10.8. The highest BCUT2D eigenvalue weighted by atomic mass is 35.5. The number of thiazole rings is 3. The van der Waals surface area contributed by atoms with Crippen molar-refractivity contribution >= 4 is 131 Å². The number of benzene rings is 7. The van der Waals surface area contributed by atoms with Crippen LogP contribution < -0.4 is 61.5 Å². The second-order valence-corrected chi connectivity index (χ2v) is 32.7. The van der Waals surface area contributed by atoms with Gasteiger partial charge in [0.15, 0.2) is 0 Å². The number of aryl methyl sites for hydroxylation is 3. The van der Waals surface area contributed by atoms with E-state index < -0.39 is 10.0 Å². The Morgan fingerprint density at radius 3 is 1.49 bits per heavy atom. The third kappa shape index (κ3) is 20.6. The van der Waals surface area contributed by atoms with Crippen LogP contribution in [0.25, 0.3) is 42.5 Å². The van der Waals surface area contributed by atoms with Gasteiger partial charge in [0.05, 0.1) is 54.5 Å². The minimum Gasteiger partial charge on any atom is -0.437 e. The summed E-state index contributed by atoms with van der Waals surface area (Å²) in [5, 5.41) is 29.6. The van der Waals surface area contributed by atoms with Crippen molar-refractivity contribution < 1.29 is 32.2 Å². The van der Waals surface area contributed by atoms with E-state index in [0.717, 1.165) is 131 Å². The van der Waals surface area contributed by atoms with Gasteiger partial charge in [-0.3, -0.25) is 14.3 Å². The van der Waals surface area contributed by atoms with Gasteiger partial charge in [0.1, 0.15) is 36.8 Å². The highest BCUT2D eigenvalue weighted by Gasteiger charge is 2.26. The van der Waals surface area contributed by atoms with E-state index >= 15 is 0 Å². The Morgan fingerprint density at radius 2 is 0.965 bits per heavy atom. The quantitative estimate of drug-likeness (QED) is 0.0287. The Bertz CT molecular complexity index is 5660. The van der Waals surface area contributed by atoms with Crippen molar-refractivity contribution in [2.45, 2.75) is 88.9 Å². The van der Waals surface area contributed by atoms with Crippen LogP contribution in [0.5, 0.6) is 34.9 Å². The largest absolute Gasteiger partial charge is 0.437 e. The van der Waals surface area contributed by atoms with E-state index in [9.17, 15) is 18.0 Å². The lowest BCUT2D eigenvalue weighted by atomic mass is 10.1. The molecule has 0 saturated carbocycles. The number of amides is 2. The van der Waals surface area contributed by atoms with Crippen molar-refractivity contribution in [1.82, 2.24) is 66.1 Å². The lowest BCUT2D eigenvalue weighted by Crippen LogP contribution is -2.38. The molecule has 16 rings (SSSR count). The number of ether oxygens (including phenoxy) is 3. The summed E-state index contributed by atoms with van der Waals surface area (Å²) >= 11 is 22.9. The average molecular weight is 1660 g/mol. The van der Waals surface area contributed by atoms with E-state index in [-0.39, 0.29) is 27.8 Å². The molecule has 25 nitrogen and oxygen atoms in total. The first-order valence-electron chi connectivity index (χ1n) is 36.9. The number of nitrogens with zero attached hydrogens (tertiary/aromatic N) is 9. The van der Waals surface area contributed by atoms with Crippen LogP contribution in [0.15, 0.2) is 198 Å². The van der Waals surface area contributed by atoms with Gasteiger partial charge in [-0.25, -0.2) is 53.3 Å². The molecule has 584 valence electrons. The first-order chi connectivity index (χ1) is 55.5. The molecule has 0 bridgehead atoms. The fourth-order valence-corrected chi connectivity index (χ4v) is 16.9.